The van der Waals surface area contributed by atoms with Gasteiger partial charge in [0.05, 0.1) is 0 Å². The third-order valence-electron chi connectivity index (χ3n) is 3.14. The number of aromatic nitrogens is 1. The summed E-state index contributed by atoms with van der Waals surface area (Å²) in [4.78, 5) is 2.15. The second-order valence-electron chi connectivity index (χ2n) is 4.92. The molecule has 0 N–H and O–H groups in total. The highest BCUT2D eigenvalue weighted by Gasteiger charge is 2.13. The van der Waals surface area contributed by atoms with Crippen LogP contribution >= 0.6 is 12.4 Å². The quantitative estimate of drug-likeness (QED) is 0.730. The zero-order valence-corrected chi connectivity index (χ0v) is 12.4. The maximum atomic E-state index is 5.40. The number of nitrogens with zero attached hydrogens (tertiary/aromatic N) is 2. The predicted octanol–water partition coefficient (Wildman–Crippen LogP) is 3.98. The number of halogens is 1. The van der Waals surface area contributed by atoms with Gasteiger partial charge >= 0.3 is 0 Å². The molecule has 0 bridgehead atoms. The highest BCUT2D eigenvalue weighted by Crippen LogP contribution is 2.30. The van der Waals surface area contributed by atoms with Gasteiger partial charge in [0, 0.05) is 17.5 Å². The fraction of sp³-hybridized carbons (Fsp3) is 0.188. The van der Waals surface area contributed by atoms with Gasteiger partial charge in [0.2, 0.25) is 0 Å². The largest absolute Gasteiger partial charge is 0.356 e. The zero-order valence-electron chi connectivity index (χ0n) is 11.5. The molecule has 0 aliphatic carbocycles. The maximum absolute atomic E-state index is 5.40. The van der Waals surface area contributed by atoms with Crippen molar-refractivity contribution in [2.24, 2.45) is 0 Å². The number of benzene rings is 2. The highest BCUT2D eigenvalue weighted by molar-refractivity contribution is 5.92. The fourth-order valence-corrected chi connectivity index (χ4v) is 2.31. The Morgan fingerprint density at radius 3 is 2.50 bits per heavy atom. The lowest BCUT2D eigenvalue weighted by atomic mass is 10.0. The molecule has 3 nitrogen and oxygen atoms in total. The van der Waals surface area contributed by atoms with E-state index in [1.54, 1.807) is 0 Å². The van der Waals surface area contributed by atoms with Crippen LogP contribution < -0.4 is 0 Å². The van der Waals surface area contributed by atoms with E-state index in [1.807, 2.05) is 30.3 Å². The fourth-order valence-electron chi connectivity index (χ4n) is 2.31. The van der Waals surface area contributed by atoms with Gasteiger partial charge in [-0.2, -0.15) is 0 Å². The van der Waals surface area contributed by atoms with Crippen LogP contribution in [-0.2, 0) is 6.54 Å². The molecule has 3 rings (SSSR count). The van der Waals surface area contributed by atoms with Gasteiger partial charge < -0.3 is 9.42 Å². The van der Waals surface area contributed by atoms with Crippen molar-refractivity contribution in [1.29, 1.82) is 0 Å². The van der Waals surface area contributed by atoms with Crippen molar-refractivity contribution in [2.75, 3.05) is 14.1 Å². The SMILES string of the molecule is CN(C)Cc1ccccc1-c1noc2ccccc12.Cl. The van der Waals surface area contributed by atoms with Crippen LogP contribution in [0.25, 0.3) is 22.2 Å². The van der Waals surface area contributed by atoms with Gasteiger partial charge in [-0.05, 0) is 31.8 Å². The van der Waals surface area contributed by atoms with Crippen LogP contribution in [0.2, 0.25) is 0 Å². The molecule has 0 saturated carbocycles. The summed E-state index contributed by atoms with van der Waals surface area (Å²) in [6.07, 6.45) is 0. The molecule has 0 aliphatic heterocycles. The van der Waals surface area contributed by atoms with E-state index in [1.165, 1.54) is 5.56 Å². The Bertz CT molecular complexity index is 706. The van der Waals surface area contributed by atoms with Gasteiger partial charge in [-0.3, -0.25) is 0 Å². The maximum Gasteiger partial charge on any atom is 0.167 e. The summed E-state index contributed by atoms with van der Waals surface area (Å²) < 4.78 is 5.40. The van der Waals surface area contributed by atoms with Crippen molar-refractivity contribution in [3.05, 3.63) is 54.1 Å². The van der Waals surface area contributed by atoms with Crippen LogP contribution in [-0.4, -0.2) is 24.2 Å². The van der Waals surface area contributed by atoms with Gasteiger partial charge in [-0.25, -0.2) is 0 Å². The van der Waals surface area contributed by atoms with Gasteiger partial charge in [0.15, 0.2) is 5.58 Å². The molecule has 0 fully saturated rings. The van der Waals surface area contributed by atoms with E-state index in [0.717, 1.165) is 28.8 Å². The Morgan fingerprint density at radius 2 is 1.70 bits per heavy atom. The van der Waals surface area contributed by atoms with Crippen LogP contribution in [0.5, 0.6) is 0 Å². The standard InChI is InChI=1S/C16H16N2O.ClH/c1-18(2)11-12-7-3-4-8-13(12)16-14-9-5-6-10-15(14)19-17-16;/h3-10H,11H2,1-2H3;1H. The average Bonchev–Trinajstić information content (AvgIpc) is 2.82. The minimum atomic E-state index is 0. The summed E-state index contributed by atoms with van der Waals surface area (Å²) in [7, 11) is 4.13. The average molecular weight is 289 g/mol. The Morgan fingerprint density at radius 1 is 1.00 bits per heavy atom. The highest BCUT2D eigenvalue weighted by atomic mass is 35.5. The molecule has 0 atom stereocenters. The summed E-state index contributed by atoms with van der Waals surface area (Å²) >= 11 is 0. The topological polar surface area (TPSA) is 29.3 Å². The lowest BCUT2D eigenvalue weighted by molar-refractivity contribution is 0.402. The molecule has 0 aliphatic rings. The molecule has 20 heavy (non-hydrogen) atoms. The van der Waals surface area contributed by atoms with Gasteiger partial charge in [-0.15, -0.1) is 12.4 Å². The monoisotopic (exact) mass is 288 g/mol. The molecule has 104 valence electrons. The molecular formula is C16H17ClN2O. The number of hydrogen-bond donors (Lipinski definition) is 0. The van der Waals surface area contributed by atoms with Crippen molar-refractivity contribution < 1.29 is 4.52 Å². The molecular weight excluding hydrogens is 272 g/mol. The van der Waals surface area contributed by atoms with E-state index in [-0.39, 0.29) is 12.4 Å². The lowest BCUT2D eigenvalue weighted by Gasteiger charge is -2.12. The first-order valence-electron chi connectivity index (χ1n) is 6.33. The van der Waals surface area contributed by atoms with Crippen molar-refractivity contribution >= 4 is 23.4 Å². The second-order valence-corrected chi connectivity index (χ2v) is 4.92. The molecule has 0 radical (unpaired) electrons. The van der Waals surface area contributed by atoms with Gasteiger partial charge in [0.25, 0.3) is 0 Å². The summed E-state index contributed by atoms with van der Waals surface area (Å²) in [5.74, 6) is 0. The molecule has 2 aromatic carbocycles. The summed E-state index contributed by atoms with van der Waals surface area (Å²) in [6.45, 7) is 0.886. The van der Waals surface area contributed by atoms with E-state index in [9.17, 15) is 0 Å². The van der Waals surface area contributed by atoms with Crippen LogP contribution in [0.4, 0.5) is 0 Å². The molecule has 0 saturated heterocycles. The first-order chi connectivity index (χ1) is 9.25. The molecule has 1 aromatic heterocycles. The smallest absolute Gasteiger partial charge is 0.167 e. The van der Waals surface area contributed by atoms with E-state index in [2.05, 4.69) is 42.4 Å². The normalized spacial score (nSPS) is 10.8. The third kappa shape index (κ3) is 2.69. The molecule has 4 heteroatoms. The van der Waals surface area contributed by atoms with Crippen molar-refractivity contribution in [1.82, 2.24) is 10.1 Å². The second kappa shape index (κ2) is 6.07. The van der Waals surface area contributed by atoms with Crippen molar-refractivity contribution in [3.8, 4) is 11.3 Å². The number of fused-ring (bicyclic) bond motifs is 1. The van der Waals surface area contributed by atoms with E-state index in [0.29, 0.717) is 0 Å². The number of para-hydroxylation sites is 1. The van der Waals surface area contributed by atoms with Crippen molar-refractivity contribution in [3.63, 3.8) is 0 Å². The van der Waals surface area contributed by atoms with E-state index >= 15 is 0 Å². The Hall–Kier alpha value is -1.84. The molecule has 1 heterocycles. The molecule has 0 spiro atoms. The van der Waals surface area contributed by atoms with Crippen LogP contribution in [0.1, 0.15) is 5.56 Å². The first kappa shape index (κ1) is 14.6. The van der Waals surface area contributed by atoms with Crippen LogP contribution in [0, 0.1) is 0 Å². The third-order valence-corrected chi connectivity index (χ3v) is 3.14. The van der Waals surface area contributed by atoms with Crippen LogP contribution in [0.15, 0.2) is 53.1 Å². The predicted molar refractivity (Wildman–Crippen MR) is 84.1 cm³/mol. The lowest BCUT2D eigenvalue weighted by Crippen LogP contribution is -2.11. The van der Waals surface area contributed by atoms with Gasteiger partial charge in [0.1, 0.15) is 5.69 Å². The Kier molecular flexibility index (Phi) is 4.42. The summed E-state index contributed by atoms with van der Waals surface area (Å²) in [6, 6.07) is 16.3. The van der Waals surface area contributed by atoms with E-state index < -0.39 is 0 Å². The molecule has 0 amide bonds. The first-order valence-corrected chi connectivity index (χ1v) is 6.33. The molecule has 0 unspecified atom stereocenters. The van der Waals surface area contributed by atoms with Crippen LogP contribution in [0.3, 0.4) is 0 Å². The van der Waals surface area contributed by atoms with Gasteiger partial charge in [-0.1, -0.05) is 41.6 Å². The zero-order chi connectivity index (χ0) is 13.2. The van der Waals surface area contributed by atoms with E-state index in [4.69, 9.17) is 4.52 Å². The number of rotatable bonds is 3. The minimum absolute atomic E-state index is 0. The Labute approximate surface area is 124 Å². The Balaban J connectivity index is 0.00000147. The number of hydrogen-bond acceptors (Lipinski definition) is 3. The minimum Gasteiger partial charge on any atom is -0.356 e. The molecule has 3 aromatic rings. The van der Waals surface area contributed by atoms with Crippen molar-refractivity contribution in [2.45, 2.75) is 6.54 Å². The summed E-state index contributed by atoms with van der Waals surface area (Å²) in [5.41, 5.74) is 4.15. The summed E-state index contributed by atoms with van der Waals surface area (Å²) in [5, 5.41) is 5.30.